The molecule has 1 saturated heterocycles. The van der Waals surface area contributed by atoms with Gasteiger partial charge in [0.2, 0.25) is 0 Å². The van der Waals surface area contributed by atoms with E-state index >= 15 is 0 Å². The zero-order valence-electron chi connectivity index (χ0n) is 17.7. The lowest BCUT2D eigenvalue weighted by Gasteiger charge is -2.26. The molecule has 2 aromatic heterocycles. The van der Waals surface area contributed by atoms with Gasteiger partial charge < -0.3 is 15.4 Å². The molecule has 162 valence electrons. The van der Waals surface area contributed by atoms with Crippen LogP contribution >= 0.6 is 11.3 Å². The first kappa shape index (κ1) is 21.2. The number of aromatic nitrogens is 2. The minimum absolute atomic E-state index is 0.0259. The molecule has 1 fully saturated rings. The molecule has 30 heavy (non-hydrogen) atoms. The second-order valence-electron chi connectivity index (χ2n) is 7.95. The Bertz CT molecular complexity index is 904. The van der Waals surface area contributed by atoms with E-state index in [1.165, 1.54) is 37.0 Å². The second kappa shape index (κ2) is 10.3. The maximum Gasteiger partial charge on any atom is 0.261 e. The number of rotatable bonds is 8. The van der Waals surface area contributed by atoms with Crippen LogP contribution in [0.5, 0.6) is 0 Å². The highest BCUT2D eigenvalue weighted by atomic mass is 32.1. The van der Waals surface area contributed by atoms with E-state index in [-0.39, 0.29) is 5.91 Å². The largest absolute Gasteiger partial charge is 0.379 e. The third-order valence-corrected chi connectivity index (χ3v) is 7.07. The molecule has 2 N–H and O–H groups in total. The van der Waals surface area contributed by atoms with Crippen molar-refractivity contribution in [2.75, 3.05) is 51.3 Å². The molecule has 0 spiro atoms. The fourth-order valence-corrected chi connectivity index (χ4v) is 5.19. The van der Waals surface area contributed by atoms with E-state index in [1.54, 1.807) is 11.9 Å². The van der Waals surface area contributed by atoms with Crippen LogP contribution in [-0.4, -0.2) is 66.7 Å². The third-order valence-electron chi connectivity index (χ3n) is 5.87. The Morgan fingerprint density at radius 3 is 2.90 bits per heavy atom. The van der Waals surface area contributed by atoms with Crippen molar-refractivity contribution in [3.63, 3.8) is 0 Å². The van der Waals surface area contributed by atoms with E-state index < -0.39 is 0 Å². The first-order valence-corrected chi connectivity index (χ1v) is 11.8. The fourth-order valence-electron chi connectivity index (χ4n) is 4.13. The molecule has 8 heteroatoms. The highest BCUT2D eigenvalue weighted by Gasteiger charge is 2.19. The average molecular weight is 430 g/mol. The Balaban J connectivity index is 1.38. The van der Waals surface area contributed by atoms with Crippen LogP contribution < -0.4 is 10.6 Å². The summed E-state index contributed by atoms with van der Waals surface area (Å²) in [6.07, 6.45) is 10.1. The maximum absolute atomic E-state index is 12.8. The van der Waals surface area contributed by atoms with Gasteiger partial charge in [-0.2, -0.15) is 0 Å². The van der Waals surface area contributed by atoms with Gasteiger partial charge >= 0.3 is 0 Å². The average Bonchev–Trinajstić information content (AvgIpc) is 3.13. The lowest BCUT2D eigenvalue weighted by atomic mass is 9.97. The number of nitrogens with zero attached hydrogens (tertiary/aromatic N) is 3. The Morgan fingerprint density at radius 1 is 1.23 bits per heavy atom. The molecule has 0 unspecified atom stereocenters. The van der Waals surface area contributed by atoms with Crippen LogP contribution in [0.3, 0.4) is 0 Å². The Kier molecular flexibility index (Phi) is 7.30. The number of carbonyl (C=O) groups excluding carboxylic acids is 1. The standard InChI is InChI=1S/C22H31N5O2S/c1-16-18-20(23-8-7-17-5-3-2-4-6-17)25-15-26-22(18)30-19(16)21(28)24-9-10-27-11-13-29-14-12-27/h5,15H,2-4,6-14H2,1H3,(H,24,28)(H,23,25,26). The number of carbonyl (C=O) groups is 1. The SMILES string of the molecule is Cc1c(C(=O)NCCN2CCOCC2)sc2ncnc(NCCC3=CCCCC3)c12. The molecule has 4 rings (SSSR count). The molecule has 2 aliphatic rings. The van der Waals surface area contributed by atoms with Crippen molar-refractivity contribution in [2.24, 2.45) is 0 Å². The van der Waals surface area contributed by atoms with Crippen molar-refractivity contribution in [1.82, 2.24) is 20.2 Å². The van der Waals surface area contributed by atoms with E-state index in [0.29, 0.717) is 6.54 Å². The van der Waals surface area contributed by atoms with Gasteiger partial charge in [-0.05, 0) is 44.6 Å². The topological polar surface area (TPSA) is 79.4 Å². The molecule has 0 bridgehead atoms. The predicted octanol–water partition coefficient (Wildman–Crippen LogP) is 3.36. The quantitative estimate of drug-likeness (QED) is 0.627. The summed E-state index contributed by atoms with van der Waals surface area (Å²) in [6, 6.07) is 0. The molecule has 0 radical (unpaired) electrons. The zero-order chi connectivity index (χ0) is 20.8. The third kappa shape index (κ3) is 5.17. The Labute approximate surface area is 181 Å². The molecule has 1 aliphatic heterocycles. The van der Waals surface area contributed by atoms with Gasteiger partial charge in [0, 0.05) is 32.7 Å². The van der Waals surface area contributed by atoms with Gasteiger partial charge in [0.1, 0.15) is 17.0 Å². The van der Waals surface area contributed by atoms with Crippen LogP contribution in [0, 0.1) is 6.92 Å². The summed E-state index contributed by atoms with van der Waals surface area (Å²) >= 11 is 1.45. The Hall–Kier alpha value is -2.03. The van der Waals surface area contributed by atoms with Crippen molar-refractivity contribution in [3.8, 4) is 0 Å². The van der Waals surface area contributed by atoms with Crippen molar-refractivity contribution in [2.45, 2.75) is 39.0 Å². The highest BCUT2D eigenvalue weighted by Crippen LogP contribution is 2.33. The number of hydrogen-bond acceptors (Lipinski definition) is 7. The summed E-state index contributed by atoms with van der Waals surface area (Å²) in [5.41, 5.74) is 2.50. The smallest absolute Gasteiger partial charge is 0.261 e. The van der Waals surface area contributed by atoms with E-state index in [2.05, 4.69) is 31.6 Å². The molecule has 1 aliphatic carbocycles. The summed E-state index contributed by atoms with van der Waals surface area (Å²) in [4.78, 5) is 25.6. The van der Waals surface area contributed by atoms with Crippen LogP contribution in [0.4, 0.5) is 5.82 Å². The Morgan fingerprint density at radius 2 is 2.10 bits per heavy atom. The number of allylic oxidation sites excluding steroid dienone is 1. The summed E-state index contributed by atoms with van der Waals surface area (Å²) in [5, 5.41) is 7.52. The van der Waals surface area contributed by atoms with Gasteiger partial charge in [-0.25, -0.2) is 9.97 Å². The first-order chi connectivity index (χ1) is 14.7. The number of fused-ring (bicyclic) bond motifs is 1. The maximum atomic E-state index is 12.8. The lowest BCUT2D eigenvalue weighted by molar-refractivity contribution is 0.0383. The summed E-state index contributed by atoms with van der Waals surface area (Å²) in [5.74, 6) is 0.805. The van der Waals surface area contributed by atoms with Crippen molar-refractivity contribution in [1.29, 1.82) is 0 Å². The molecular formula is C22H31N5O2S. The zero-order valence-corrected chi connectivity index (χ0v) is 18.5. The molecule has 2 aromatic rings. The molecule has 0 atom stereocenters. The number of morpholine rings is 1. The van der Waals surface area contributed by atoms with Crippen molar-refractivity contribution in [3.05, 3.63) is 28.4 Å². The number of aryl methyl sites for hydroxylation is 1. The fraction of sp³-hybridized carbons (Fsp3) is 0.591. The number of thiophene rings is 1. The minimum atomic E-state index is -0.0259. The number of nitrogens with one attached hydrogen (secondary N) is 2. The van der Waals surface area contributed by atoms with Gasteiger partial charge in [-0.3, -0.25) is 9.69 Å². The lowest BCUT2D eigenvalue weighted by Crippen LogP contribution is -2.41. The van der Waals surface area contributed by atoms with E-state index in [4.69, 9.17) is 4.74 Å². The van der Waals surface area contributed by atoms with Gasteiger partial charge in [0.25, 0.3) is 5.91 Å². The van der Waals surface area contributed by atoms with Crippen molar-refractivity contribution < 1.29 is 9.53 Å². The summed E-state index contributed by atoms with van der Waals surface area (Å²) in [6.45, 7) is 7.74. The second-order valence-corrected chi connectivity index (χ2v) is 8.95. The monoisotopic (exact) mass is 429 g/mol. The summed E-state index contributed by atoms with van der Waals surface area (Å²) in [7, 11) is 0. The number of hydrogen-bond donors (Lipinski definition) is 2. The van der Waals surface area contributed by atoms with Crippen LogP contribution in [-0.2, 0) is 4.74 Å². The van der Waals surface area contributed by atoms with Crippen LogP contribution in [0.25, 0.3) is 10.2 Å². The molecule has 0 saturated carbocycles. The molecule has 1 amide bonds. The van der Waals surface area contributed by atoms with Gasteiger partial charge in [0.05, 0.1) is 23.5 Å². The molecule has 7 nitrogen and oxygen atoms in total. The van der Waals surface area contributed by atoms with Crippen LogP contribution in [0.15, 0.2) is 18.0 Å². The van der Waals surface area contributed by atoms with Crippen LogP contribution in [0.2, 0.25) is 0 Å². The highest BCUT2D eigenvalue weighted by molar-refractivity contribution is 7.20. The number of amides is 1. The summed E-state index contributed by atoms with van der Waals surface area (Å²) < 4.78 is 5.37. The van der Waals surface area contributed by atoms with Crippen molar-refractivity contribution >= 4 is 33.3 Å². The van der Waals surface area contributed by atoms with Gasteiger partial charge in [0.15, 0.2) is 0 Å². The predicted molar refractivity (Wildman–Crippen MR) is 121 cm³/mol. The van der Waals surface area contributed by atoms with E-state index in [9.17, 15) is 4.79 Å². The van der Waals surface area contributed by atoms with Gasteiger partial charge in [-0.15, -0.1) is 11.3 Å². The molecule has 3 heterocycles. The minimum Gasteiger partial charge on any atom is -0.379 e. The normalized spacial score (nSPS) is 17.7. The van der Waals surface area contributed by atoms with E-state index in [1.807, 2.05) is 6.92 Å². The number of ether oxygens (including phenoxy) is 1. The molecule has 0 aromatic carbocycles. The van der Waals surface area contributed by atoms with Crippen LogP contribution in [0.1, 0.15) is 47.3 Å². The van der Waals surface area contributed by atoms with Gasteiger partial charge in [-0.1, -0.05) is 11.6 Å². The number of anilines is 1. The first-order valence-electron chi connectivity index (χ1n) is 11.0. The van der Waals surface area contributed by atoms with E-state index in [0.717, 1.165) is 72.3 Å². The molecular weight excluding hydrogens is 398 g/mol.